The monoisotopic (exact) mass is 402 g/mol. The van der Waals surface area contributed by atoms with Gasteiger partial charge in [0.05, 0.1) is 18.4 Å². The van der Waals surface area contributed by atoms with Crippen molar-refractivity contribution in [2.75, 3.05) is 6.54 Å². The Morgan fingerprint density at radius 1 is 1.00 bits per heavy atom. The smallest absolute Gasteiger partial charge is 0.276 e. The number of aryl methyl sites for hydroxylation is 1. The Kier molecular flexibility index (Phi) is 5.81. The van der Waals surface area contributed by atoms with Crippen molar-refractivity contribution in [3.63, 3.8) is 0 Å². The first-order valence-electron chi connectivity index (χ1n) is 9.55. The van der Waals surface area contributed by atoms with Gasteiger partial charge in [0.1, 0.15) is 0 Å². The number of aromatic nitrogens is 3. The van der Waals surface area contributed by atoms with E-state index in [1.807, 2.05) is 53.4 Å². The summed E-state index contributed by atoms with van der Waals surface area (Å²) in [5, 5.41) is 8.70. The molecule has 4 aromatic rings. The lowest BCUT2D eigenvalue weighted by Crippen LogP contribution is -2.32. The van der Waals surface area contributed by atoms with E-state index in [1.165, 1.54) is 20.1 Å². The SMILES string of the molecule is Cc1ccc(CN(CCc2ccccc2)C(=O)c2cnn(-c3ccccc3)n2)s1. The third-order valence-corrected chi connectivity index (χ3v) is 5.63. The van der Waals surface area contributed by atoms with Gasteiger partial charge in [0.15, 0.2) is 5.69 Å². The van der Waals surface area contributed by atoms with Crippen molar-refractivity contribution in [1.82, 2.24) is 19.9 Å². The zero-order valence-corrected chi connectivity index (χ0v) is 17.0. The van der Waals surface area contributed by atoms with Gasteiger partial charge in [-0.1, -0.05) is 48.5 Å². The van der Waals surface area contributed by atoms with E-state index in [2.05, 4.69) is 41.4 Å². The fourth-order valence-corrected chi connectivity index (χ4v) is 4.03. The van der Waals surface area contributed by atoms with Crippen molar-refractivity contribution < 1.29 is 4.79 Å². The maximum Gasteiger partial charge on any atom is 0.276 e. The van der Waals surface area contributed by atoms with Crippen LogP contribution >= 0.6 is 11.3 Å². The van der Waals surface area contributed by atoms with Crippen LogP contribution in [0.2, 0.25) is 0 Å². The third kappa shape index (κ3) is 4.78. The molecule has 5 nitrogen and oxygen atoms in total. The quantitative estimate of drug-likeness (QED) is 0.457. The Morgan fingerprint density at radius 2 is 1.72 bits per heavy atom. The van der Waals surface area contributed by atoms with Crippen LogP contribution in [0.25, 0.3) is 5.69 Å². The number of amides is 1. The number of para-hydroxylation sites is 1. The number of carbonyl (C=O) groups excluding carboxylic acids is 1. The molecule has 2 aromatic heterocycles. The highest BCUT2D eigenvalue weighted by Gasteiger charge is 2.20. The van der Waals surface area contributed by atoms with Gasteiger partial charge in [-0.25, -0.2) is 0 Å². The minimum Gasteiger partial charge on any atom is -0.332 e. The highest BCUT2D eigenvalue weighted by atomic mass is 32.1. The van der Waals surface area contributed by atoms with Gasteiger partial charge < -0.3 is 4.90 Å². The van der Waals surface area contributed by atoms with E-state index in [4.69, 9.17) is 0 Å². The summed E-state index contributed by atoms with van der Waals surface area (Å²) >= 11 is 1.72. The van der Waals surface area contributed by atoms with Crippen LogP contribution in [0.1, 0.15) is 25.8 Å². The van der Waals surface area contributed by atoms with Crippen LogP contribution in [0.4, 0.5) is 0 Å². The van der Waals surface area contributed by atoms with E-state index in [9.17, 15) is 4.79 Å². The average molecular weight is 403 g/mol. The lowest BCUT2D eigenvalue weighted by molar-refractivity contribution is 0.0740. The maximum atomic E-state index is 13.2. The van der Waals surface area contributed by atoms with Crippen LogP contribution in [0.5, 0.6) is 0 Å². The Labute approximate surface area is 174 Å². The second kappa shape index (κ2) is 8.84. The predicted molar refractivity (Wildman–Crippen MR) is 115 cm³/mol. The molecule has 1 amide bonds. The fraction of sp³-hybridized carbons (Fsp3) is 0.174. The summed E-state index contributed by atoms with van der Waals surface area (Å²) in [6.45, 7) is 3.27. The van der Waals surface area contributed by atoms with Gasteiger partial charge in [-0.3, -0.25) is 4.79 Å². The first kappa shape index (κ1) is 19.1. The van der Waals surface area contributed by atoms with Crippen LogP contribution in [-0.4, -0.2) is 32.3 Å². The number of hydrogen-bond acceptors (Lipinski definition) is 4. The van der Waals surface area contributed by atoms with Crippen molar-refractivity contribution in [1.29, 1.82) is 0 Å². The molecule has 146 valence electrons. The molecule has 0 atom stereocenters. The summed E-state index contributed by atoms with van der Waals surface area (Å²) in [6.07, 6.45) is 2.34. The van der Waals surface area contributed by atoms with Crippen LogP contribution < -0.4 is 0 Å². The highest BCUT2D eigenvalue weighted by molar-refractivity contribution is 7.11. The molecule has 0 bridgehead atoms. The van der Waals surface area contributed by atoms with E-state index >= 15 is 0 Å². The minimum absolute atomic E-state index is 0.103. The number of benzene rings is 2. The minimum atomic E-state index is -0.103. The van der Waals surface area contributed by atoms with E-state index < -0.39 is 0 Å². The van der Waals surface area contributed by atoms with Gasteiger partial charge in [0, 0.05) is 16.3 Å². The summed E-state index contributed by atoms with van der Waals surface area (Å²) in [5.41, 5.74) is 2.40. The van der Waals surface area contributed by atoms with Crippen LogP contribution in [0, 0.1) is 6.92 Å². The average Bonchev–Trinajstić information content (AvgIpc) is 3.41. The molecule has 0 aliphatic carbocycles. The molecule has 2 aromatic carbocycles. The van der Waals surface area contributed by atoms with Crippen LogP contribution in [0.15, 0.2) is 79.0 Å². The molecule has 0 saturated carbocycles. The molecule has 0 saturated heterocycles. The van der Waals surface area contributed by atoms with Gasteiger partial charge in [-0.15, -0.1) is 16.4 Å². The summed E-state index contributed by atoms with van der Waals surface area (Å²) in [6, 6.07) is 24.0. The molecule has 0 radical (unpaired) electrons. The molecule has 29 heavy (non-hydrogen) atoms. The Morgan fingerprint density at radius 3 is 2.41 bits per heavy atom. The molecule has 4 rings (SSSR count). The van der Waals surface area contributed by atoms with E-state index in [1.54, 1.807) is 17.5 Å². The summed E-state index contributed by atoms with van der Waals surface area (Å²) in [4.78, 5) is 19.0. The van der Waals surface area contributed by atoms with Crippen molar-refractivity contribution >= 4 is 17.2 Å². The predicted octanol–water partition coefficient (Wildman–Crippen LogP) is 4.52. The molecular formula is C23H22N4OS. The Balaban J connectivity index is 1.54. The van der Waals surface area contributed by atoms with Crippen LogP contribution in [0.3, 0.4) is 0 Å². The molecule has 0 spiro atoms. The molecule has 0 fully saturated rings. The standard InChI is InChI=1S/C23H22N4OS/c1-18-12-13-21(29-18)17-26(15-14-19-8-4-2-5-9-19)23(28)22-16-24-27(25-22)20-10-6-3-7-11-20/h2-13,16H,14-15,17H2,1H3. The molecule has 6 heteroatoms. The van der Waals surface area contributed by atoms with Crippen molar-refractivity contribution in [2.24, 2.45) is 0 Å². The van der Waals surface area contributed by atoms with E-state index in [0.717, 1.165) is 12.1 Å². The second-order valence-corrected chi connectivity index (χ2v) is 8.20. The molecule has 0 unspecified atom stereocenters. The fourth-order valence-electron chi connectivity index (χ4n) is 3.13. The van der Waals surface area contributed by atoms with Gasteiger partial charge >= 0.3 is 0 Å². The number of thiophene rings is 1. The van der Waals surface area contributed by atoms with Crippen molar-refractivity contribution in [3.8, 4) is 5.69 Å². The zero-order chi connectivity index (χ0) is 20.1. The number of rotatable bonds is 7. The number of hydrogen-bond donors (Lipinski definition) is 0. The molecule has 2 heterocycles. The van der Waals surface area contributed by atoms with Gasteiger partial charge in [-0.05, 0) is 43.2 Å². The summed E-state index contributed by atoms with van der Waals surface area (Å²) in [5.74, 6) is -0.103. The molecule has 0 aliphatic heterocycles. The lowest BCUT2D eigenvalue weighted by atomic mass is 10.1. The van der Waals surface area contributed by atoms with Crippen LogP contribution in [-0.2, 0) is 13.0 Å². The third-order valence-electron chi connectivity index (χ3n) is 4.64. The van der Waals surface area contributed by atoms with Gasteiger partial charge in [0.25, 0.3) is 5.91 Å². The zero-order valence-electron chi connectivity index (χ0n) is 16.2. The van der Waals surface area contributed by atoms with E-state index in [0.29, 0.717) is 18.8 Å². The highest BCUT2D eigenvalue weighted by Crippen LogP contribution is 2.19. The maximum absolute atomic E-state index is 13.2. The first-order chi connectivity index (χ1) is 14.2. The molecule has 0 N–H and O–H groups in total. The lowest BCUT2D eigenvalue weighted by Gasteiger charge is -2.21. The molecule has 0 aliphatic rings. The Bertz CT molecular complexity index is 1070. The topological polar surface area (TPSA) is 51.0 Å². The first-order valence-corrected chi connectivity index (χ1v) is 10.4. The summed E-state index contributed by atoms with van der Waals surface area (Å²) in [7, 11) is 0. The number of nitrogens with zero attached hydrogens (tertiary/aromatic N) is 4. The largest absolute Gasteiger partial charge is 0.332 e. The Hall–Kier alpha value is -3.25. The number of carbonyl (C=O) groups is 1. The van der Waals surface area contributed by atoms with Gasteiger partial charge in [0.2, 0.25) is 0 Å². The second-order valence-electron chi connectivity index (χ2n) is 6.83. The normalized spacial score (nSPS) is 10.8. The van der Waals surface area contributed by atoms with Crippen molar-refractivity contribution in [3.05, 3.63) is 100 Å². The van der Waals surface area contributed by atoms with Crippen molar-refractivity contribution in [2.45, 2.75) is 19.9 Å². The van der Waals surface area contributed by atoms with E-state index in [-0.39, 0.29) is 5.91 Å². The summed E-state index contributed by atoms with van der Waals surface area (Å²) < 4.78 is 0. The van der Waals surface area contributed by atoms with Gasteiger partial charge in [-0.2, -0.15) is 9.90 Å². The molecular weight excluding hydrogens is 380 g/mol.